The molecule has 0 aliphatic carbocycles. The number of para-hydroxylation sites is 1. The minimum atomic E-state index is 0.170. The molecule has 0 bridgehead atoms. The van der Waals surface area contributed by atoms with Gasteiger partial charge in [0.1, 0.15) is 12.4 Å². The van der Waals surface area contributed by atoms with Gasteiger partial charge in [-0.3, -0.25) is 4.90 Å². The van der Waals surface area contributed by atoms with Crippen molar-refractivity contribution in [1.29, 1.82) is 0 Å². The monoisotopic (exact) mass is 415 g/mol. The summed E-state index contributed by atoms with van der Waals surface area (Å²) >= 11 is 0. The topological polar surface area (TPSA) is 27.7 Å². The Labute approximate surface area is 186 Å². The van der Waals surface area contributed by atoms with Gasteiger partial charge < -0.3 is 15.0 Å². The largest absolute Gasteiger partial charge is 0.489 e. The fourth-order valence-electron chi connectivity index (χ4n) is 4.24. The van der Waals surface area contributed by atoms with Crippen LogP contribution in [0.5, 0.6) is 5.75 Å². The van der Waals surface area contributed by atoms with E-state index in [1.165, 1.54) is 22.4 Å². The van der Waals surface area contributed by atoms with Crippen LogP contribution in [0.25, 0.3) is 0 Å². The highest BCUT2D eigenvalue weighted by molar-refractivity contribution is 5.49. The van der Waals surface area contributed by atoms with Crippen molar-refractivity contribution >= 4 is 5.69 Å². The van der Waals surface area contributed by atoms with Gasteiger partial charge in [-0.1, -0.05) is 60.7 Å². The summed E-state index contributed by atoms with van der Waals surface area (Å²) in [5.74, 6) is 0.963. The van der Waals surface area contributed by atoms with Crippen LogP contribution in [0.2, 0.25) is 0 Å². The second kappa shape index (κ2) is 10.5. The second-order valence-electron chi connectivity index (χ2n) is 8.34. The normalized spacial score (nSPS) is 15.8. The van der Waals surface area contributed by atoms with E-state index in [2.05, 4.69) is 102 Å². The molecule has 1 aliphatic rings. The number of ether oxygens (including phenoxy) is 1. The van der Waals surface area contributed by atoms with Crippen molar-refractivity contribution in [3.05, 3.63) is 95.6 Å². The predicted molar refractivity (Wildman–Crippen MR) is 129 cm³/mol. The van der Waals surface area contributed by atoms with Gasteiger partial charge in [0.05, 0.1) is 6.04 Å². The first-order valence-corrected chi connectivity index (χ1v) is 11.2. The average Bonchev–Trinajstić information content (AvgIpc) is 3.09. The third kappa shape index (κ3) is 5.46. The SMILES string of the molecule is CN(C)c1ccc(C(c2ccccc2OCc2ccccc2)N2CCCNCC2)cc1. The van der Waals surface area contributed by atoms with E-state index < -0.39 is 0 Å². The lowest BCUT2D eigenvalue weighted by molar-refractivity contribution is 0.230. The van der Waals surface area contributed by atoms with Crippen LogP contribution in [0.3, 0.4) is 0 Å². The number of hydrogen-bond acceptors (Lipinski definition) is 4. The molecule has 3 aromatic carbocycles. The molecule has 1 unspecified atom stereocenters. The Balaban J connectivity index is 1.67. The van der Waals surface area contributed by atoms with Crippen LogP contribution < -0.4 is 15.0 Å². The van der Waals surface area contributed by atoms with Crippen molar-refractivity contribution in [3.63, 3.8) is 0 Å². The Morgan fingerprint density at radius 2 is 1.61 bits per heavy atom. The standard InChI is InChI=1S/C27H33N3O/c1-29(2)24-15-13-23(14-16-24)27(30-19-8-17-28-18-20-30)25-11-6-7-12-26(25)31-21-22-9-4-3-5-10-22/h3-7,9-16,27-28H,8,17-21H2,1-2H3. The molecule has 1 N–H and O–H groups in total. The molecule has 1 aliphatic heterocycles. The molecule has 1 saturated heterocycles. The van der Waals surface area contributed by atoms with Crippen LogP contribution >= 0.6 is 0 Å². The van der Waals surface area contributed by atoms with E-state index in [1.54, 1.807) is 0 Å². The van der Waals surface area contributed by atoms with Gasteiger partial charge in [-0.2, -0.15) is 0 Å². The second-order valence-corrected chi connectivity index (χ2v) is 8.34. The number of benzene rings is 3. The van der Waals surface area contributed by atoms with Crippen LogP contribution in [0, 0.1) is 0 Å². The van der Waals surface area contributed by atoms with E-state index in [9.17, 15) is 0 Å². The predicted octanol–water partition coefficient (Wildman–Crippen LogP) is 4.72. The summed E-state index contributed by atoms with van der Waals surface area (Å²) in [5.41, 5.74) is 4.94. The molecular formula is C27H33N3O. The Morgan fingerprint density at radius 1 is 0.871 bits per heavy atom. The van der Waals surface area contributed by atoms with Gasteiger partial charge in [0, 0.05) is 45.0 Å². The average molecular weight is 416 g/mol. The summed E-state index contributed by atoms with van der Waals surface area (Å²) in [4.78, 5) is 4.74. The van der Waals surface area contributed by atoms with Crippen LogP contribution in [0.4, 0.5) is 5.69 Å². The maximum absolute atomic E-state index is 6.36. The fraction of sp³-hybridized carbons (Fsp3) is 0.333. The van der Waals surface area contributed by atoms with Crippen molar-refractivity contribution in [2.75, 3.05) is 45.2 Å². The van der Waals surface area contributed by atoms with Gasteiger partial charge in [-0.25, -0.2) is 0 Å². The highest BCUT2D eigenvalue weighted by Crippen LogP contribution is 2.36. The number of rotatable bonds is 7. The molecule has 162 valence electrons. The Bertz CT molecular complexity index is 932. The molecule has 4 nitrogen and oxygen atoms in total. The molecule has 31 heavy (non-hydrogen) atoms. The van der Waals surface area contributed by atoms with E-state index in [0.29, 0.717) is 6.61 Å². The van der Waals surface area contributed by atoms with Crippen molar-refractivity contribution in [1.82, 2.24) is 10.2 Å². The number of nitrogens with one attached hydrogen (secondary N) is 1. The minimum Gasteiger partial charge on any atom is -0.489 e. The quantitative estimate of drug-likeness (QED) is 0.604. The lowest BCUT2D eigenvalue weighted by atomic mass is 9.95. The van der Waals surface area contributed by atoms with E-state index in [1.807, 2.05) is 6.07 Å². The zero-order chi connectivity index (χ0) is 21.5. The number of anilines is 1. The van der Waals surface area contributed by atoms with Crippen LogP contribution in [0.1, 0.15) is 29.2 Å². The summed E-state index contributed by atoms with van der Waals surface area (Å²) in [7, 11) is 4.17. The summed E-state index contributed by atoms with van der Waals surface area (Å²) in [5, 5.41) is 3.54. The fourth-order valence-corrected chi connectivity index (χ4v) is 4.24. The summed E-state index contributed by atoms with van der Waals surface area (Å²) < 4.78 is 6.36. The lowest BCUT2D eigenvalue weighted by Crippen LogP contribution is -2.33. The van der Waals surface area contributed by atoms with Crippen LogP contribution in [-0.2, 0) is 6.61 Å². The van der Waals surface area contributed by atoms with E-state index in [0.717, 1.165) is 38.3 Å². The highest BCUT2D eigenvalue weighted by Gasteiger charge is 2.26. The first-order valence-electron chi connectivity index (χ1n) is 11.2. The first-order chi connectivity index (χ1) is 15.2. The zero-order valence-corrected chi connectivity index (χ0v) is 18.6. The third-order valence-corrected chi connectivity index (χ3v) is 5.92. The van der Waals surface area contributed by atoms with Crippen LogP contribution in [0.15, 0.2) is 78.9 Å². The summed E-state index contributed by atoms with van der Waals surface area (Å²) in [6, 6.07) is 28.0. The maximum atomic E-state index is 6.36. The Kier molecular flexibility index (Phi) is 7.23. The zero-order valence-electron chi connectivity index (χ0n) is 18.6. The van der Waals surface area contributed by atoms with Gasteiger partial charge in [0.2, 0.25) is 0 Å². The van der Waals surface area contributed by atoms with Gasteiger partial charge >= 0.3 is 0 Å². The smallest absolute Gasteiger partial charge is 0.124 e. The molecule has 0 radical (unpaired) electrons. The van der Waals surface area contributed by atoms with Crippen molar-refractivity contribution in [2.24, 2.45) is 0 Å². The van der Waals surface area contributed by atoms with Crippen molar-refractivity contribution < 1.29 is 4.74 Å². The molecule has 0 saturated carbocycles. The Morgan fingerprint density at radius 3 is 2.39 bits per heavy atom. The van der Waals surface area contributed by atoms with E-state index in [-0.39, 0.29) is 6.04 Å². The van der Waals surface area contributed by atoms with E-state index >= 15 is 0 Å². The minimum absolute atomic E-state index is 0.170. The molecule has 4 heteroatoms. The summed E-state index contributed by atoms with van der Waals surface area (Å²) in [6.45, 7) is 4.76. The molecule has 1 heterocycles. The van der Waals surface area contributed by atoms with Crippen molar-refractivity contribution in [3.8, 4) is 5.75 Å². The molecule has 1 atom stereocenters. The number of hydrogen-bond donors (Lipinski definition) is 1. The van der Waals surface area contributed by atoms with E-state index in [4.69, 9.17) is 4.74 Å². The molecule has 0 spiro atoms. The molecule has 3 aromatic rings. The molecule has 0 amide bonds. The maximum Gasteiger partial charge on any atom is 0.124 e. The molecule has 0 aromatic heterocycles. The number of nitrogens with zero attached hydrogens (tertiary/aromatic N) is 2. The summed E-state index contributed by atoms with van der Waals surface area (Å²) in [6.07, 6.45) is 1.15. The lowest BCUT2D eigenvalue weighted by Gasteiger charge is -2.32. The molecule has 1 fully saturated rings. The van der Waals surface area contributed by atoms with Gasteiger partial charge in [-0.15, -0.1) is 0 Å². The van der Waals surface area contributed by atoms with Crippen LogP contribution in [-0.4, -0.2) is 45.2 Å². The van der Waals surface area contributed by atoms with Gasteiger partial charge in [0.15, 0.2) is 0 Å². The van der Waals surface area contributed by atoms with Gasteiger partial charge in [-0.05, 0) is 42.3 Å². The Hall–Kier alpha value is -2.82. The van der Waals surface area contributed by atoms with Crippen molar-refractivity contribution in [2.45, 2.75) is 19.1 Å². The van der Waals surface area contributed by atoms with Gasteiger partial charge in [0.25, 0.3) is 0 Å². The molecular weight excluding hydrogens is 382 g/mol. The third-order valence-electron chi connectivity index (χ3n) is 5.92. The first kappa shape index (κ1) is 21.4. The highest BCUT2D eigenvalue weighted by atomic mass is 16.5. The molecule has 4 rings (SSSR count).